The molecule has 0 N–H and O–H groups in total. The Hall–Kier alpha value is -9.78. The Morgan fingerprint density at radius 2 is 0.569 bits per heavy atom. The van der Waals surface area contributed by atoms with Crippen LogP contribution in [0.15, 0.2) is 251 Å². The van der Waals surface area contributed by atoms with E-state index in [9.17, 15) is 0 Å². The van der Waals surface area contributed by atoms with Crippen molar-refractivity contribution >= 4 is 54.8 Å². The van der Waals surface area contributed by atoms with Crippen LogP contribution in [0.5, 0.6) is 0 Å². The van der Waals surface area contributed by atoms with Crippen LogP contribution < -0.4 is 0 Å². The fourth-order valence-electron chi connectivity index (χ4n) is 10.1. The van der Waals surface area contributed by atoms with E-state index in [1.54, 1.807) is 0 Å². The number of rotatable bonds is 8. The summed E-state index contributed by atoms with van der Waals surface area (Å²) in [5, 5.41) is 4.67. The number of fused-ring (bicyclic) bond motifs is 5. The van der Waals surface area contributed by atoms with E-state index in [4.69, 9.17) is 28.8 Å². The van der Waals surface area contributed by atoms with Gasteiger partial charge >= 0.3 is 0 Å². The van der Waals surface area contributed by atoms with Crippen molar-refractivity contribution in [3.8, 4) is 89.9 Å². The molecule has 3 aromatic heterocycles. The number of benzene rings is 11. The predicted molar refractivity (Wildman–Crippen MR) is 293 cm³/mol. The molecule has 0 aliphatic carbocycles. The molecule has 0 saturated heterocycles. The van der Waals surface area contributed by atoms with Crippen molar-refractivity contribution in [2.45, 2.75) is 0 Å². The van der Waals surface area contributed by atoms with Gasteiger partial charge in [-0.1, -0.05) is 194 Å². The van der Waals surface area contributed by atoms with Gasteiger partial charge in [0, 0.05) is 33.4 Å². The second-order valence-electron chi connectivity index (χ2n) is 18.1. The van der Waals surface area contributed by atoms with E-state index < -0.39 is 0 Å². The first-order chi connectivity index (χ1) is 35.6. The van der Waals surface area contributed by atoms with Crippen molar-refractivity contribution in [3.63, 3.8) is 0 Å². The zero-order valence-corrected chi connectivity index (χ0v) is 38.7. The summed E-state index contributed by atoms with van der Waals surface area (Å²) in [4.78, 5) is 21.0. The minimum atomic E-state index is 0.606. The number of hydrogen-bond donors (Lipinski definition) is 0. The molecule has 3 heterocycles. The Morgan fingerprint density at radius 1 is 0.236 bits per heavy atom. The molecule has 0 unspecified atom stereocenters. The first-order valence-corrected chi connectivity index (χ1v) is 24.1. The van der Waals surface area contributed by atoms with Crippen LogP contribution in [-0.4, -0.2) is 19.9 Å². The molecular formula is C66H40N4O2. The summed E-state index contributed by atoms with van der Waals surface area (Å²) < 4.78 is 12.2. The highest BCUT2D eigenvalue weighted by atomic mass is 16.4. The van der Waals surface area contributed by atoms with Crippen LogP contribution in [-0.2, 0) is 0 Å². The van der Waals surface area contributed by atoms with Crippen molar-refractivity contribution < 1.29 is 8.83 Å². The van der Waals surface area contributed by atoms with Gasteiger partial charge in [-0.25, -0.2) is 19.9 Å². The Morgan fingerprint density at radius 3 is 0.972 bits per heavy atom. The molecule has 0 aliphatic heterocycles. The molecule has 0 amide bonds. The van der Waals surface area contributed by atoms with Crippen molar-refractivity contribution in [3.05, 3.63) is 243 Å². The van der Waals surface area contributed by atoms with E-state index in [2.05, 4.69) is 194 Å². The summed E-state index contributed by atoms with van der Waals surface area (Å²) >= 11 is 0. The summed E-state index contributed by atoms with van der Waals surface area (Å²) in [6.07, 6.45) is 0. The minimum absolute atomic E-state index is 0.606. The second-order valence-corrected chi connectivity index (χ2v) is 18.1. The topological polar surface area (TPSA) is 77.8 Å². The molecule has 0 fully saturated rings. The summed E-state index contributed by atoms with van der Waals surface area (Å²) in [5.41, 5.74) is 18.9. The van der Waals surface area contributed by atoms with Gasteiger partial charge in [0.2, 0.25) is 11.8 Å². The third-order valence-electron chi connectivity index (χ3n) is 13.8. The highest BCUT2D eigenvalue weighted by Gasteiger charge is 2.21. The Balaban J connectivity index is 0.917. The van der Waals surface area contributed by atoms with E-state index in [0.29, 0.717) is 11.8 Å². The van der Waals surface area contributed by atoms with Crippen LogP contribution in [0.4, 0.5) is 0 Å². The van der Waals surface area contributed by atoms with E-state index in [0.717, 1.165) is 122 Å². The fraction of sp³-hybridized carbons (Fsp3) is 0. The number of aromatic nitrogens is 4. The van der Waals surface area contributed by atoms with Gasteiger partial charge in [-0.3, -0.25) is 0 Å². The van der Waals surface area contributed by atoms with Gasteiger partial charge < -0.3 is 8.83 Å². The second kappa shape index (κ2) is 17.0. The van der Waals surface area contributed by atoms with E-state index in [-0.39, 0.29) is 0 Å². The van der Waals surface area contributed by atoms with Crippen LogP contribution >= 0.6 is 0 Å². The molecule has 6 heteroatoms. The summed E-state index contributed by atoms with van der Waals surface area (Å²) in [6, 6.07) is 84.4. The smallest absolute Gasteiger partial charge is 0.227 e. The van der Waals surface area contributed by atoms with E-state index >= 15 is 0 Å². The van der Waals surface area contributed by atoms with Gasteiger partial charge in [-0.2, -0.15) is 0 Å². The van der Waals surface area contributed by atoms with Crippen LogP contribution in [0.2, 0.25) is 0 Å². The maximum Gasteiger partial charge on any atom is 0.227 e. The number of nitrogens with zero attached hydrogens (tertiary/aromatic N) is 4. The lowest BCUT2D eigenvalue weighted by molar-refractivity contribution is 0.619. The summed E-state index contributed by atoms with van der Waals surface area (Å²) in [5.74, 6) is 1.21. The van der Waals surface area contributed by atoms with Gasteiger partial charge in [-0.15, -0.1) is 0 Å². The zero-order chi connectivity index (χ0) is 47.5. The Labute approximate surface area is 414 Å². The van der Waals surface area contributed by atoms with Gasteiger partial charge in [0.05, 0.1) is 22.4 Å². The number of para-hydroxylation sites is 4. The monoisotopic (exact) mass is 920 g/mol. The Bertz CT molecular complexity index is 4000. The molecule has 0 bridgehead atoms. The van der Waals surface area contributed by atoms with E-state index in [1.165, 1.54) is 10.8 Å². The van der Waals surface area contributed by atoms with Crippen LogP contribution in [0, 0.1) is 0 Å². The first kappa shape index (κ1) is 41.2. The summed E-state index contributed by atoms with van der Waals surface area (Å²) in [6.45, 7) is 0. The highest BCUT2D eigenvalue weighted by Crippen LogP contribution is 2.43. The molecule has 14 aromatic rings. The minimum Gasteiger partial charge on any atom is -0.436 e. The molecule has 11 aromatic carbocycles. The third kappa shape index (κ3) is 7.20. The molecule has 14 rings (SSSR count). The Kier molecular flexibility index (Phi) is 9.74. The van der Waals surface area contributed by atoms with Crippen molar-refractivity contribution in [1.29, 1.82) is 0 Å². The first-order valence-electron chi connectivity index (χ1n) is 24.1. The quantitative estimate of drug-likeness (QED) is 0.151. The predicted octanol–water partition coefficient (Wildman–Crippen LogP) is 17.6. The zero-order valence-electron chi connectivity index (χ0n) is 38.7. The molecule has 0 aliphatic rings. The largest absolute Gasteiger partial charge is 0.436 e. The van der Waals surface area contributed by atoms with Crippen molar-refractivity contribution in [2.75, 3.05) is 0 Å². The van der Waals surface area contributed by atoms with Crippen LogP contribution in [0.3, 0.4) is 0 Å². The SMILES string of the molecule is c1ccc2c(-c3ccc(-c4cccc5ccccc45)c4nc(-c5ccc(-c6ccc(-c7nc8ccccc8o7)cc6)cc5)c(-c5ccc(-c6ccc(-c7nc8ccccc8o7)cc6)cc5)nc34)cccc2c1. The van der Waals surface area contributed by atoms with Gasteiger partial charge in [0.1, 0.15) is 11.0 Å². The fourth-order valence-corrected chi connectivity index (χ4v) is 10.1. The van der Waals surface area contributed by atoms with Crippen LogP contribution in [0.1, 0.15) is 0 Å². The molecule has 0 radical (unpaired) electrons. The average molecular weight is 921 g/mol. The lowest BCUT2D eigenvalue weighted by atomic mass is 9.91. The average Bonchev–Trinajstić information content (AvgIpc) is 4.10. The van der Waals surface area contributed by atoms with Gasteiger partial charge in [0.25, 0.3) is 0 Å². The number of hydrogen-bond acceptors (Lipinski definition) is 6. The maximum atomic E-state index is 6.08. The standard InChI is InChI=1S/C66H40N4O2/c1-3-15-51-45(11-1)13-9-17-53(51)55-39-40-56(54-18-10-14-46-12-2-4-16-52(46)54)64-63(55)69-61(47-31-23-41(24-32-47)43-27-35-49(36-28-43)65-67-57-19-5-7-21-59(57)71-65)62(70-64)48-33-25-42(26-34-48)44-29-37-50(38-30-44)66-68-58-20-6-8-22-60(58)72-66/h1-40H. The third-order valence-corrected chi connectivity index (χ3v) is 13.8. The highest BCUT2D eigenvalue weighted by molar-refractivity contribution is 6.11. The maximum absolute atomic E-state index is 6.08. The molecule has 336 valence electrons. The van der Waals surface area contributed by atoms with Crippen LogP contribution in [0.25, 0.3) is 145 Å². The summed E-state index contributed by atoms with van der Waals surface area (Å²) in [7, 11) is 0. The van der Waals surface area contributed by atoms with E-state index in [1.807, 2.05) is 48.5 Å². The molecule has 0 atom stereocenters. The van der Waals surface area contributed by atoms with Gasteiger partial charge in [-0.05, 0) is 103 Å². The normalized spacial score (nSPS) is 11.6. The molecule has 0 saturated carbocycles. The van der Waals surface area contributed by atoms with Gasteiger partial charge in [0.15, 0.2) is 11.2 Å². The molecule has 72 heavy (non-hydrogen) atoms. The lowest BCUT2D eigenvalue weighted by Crippen LogP contribution is -1.99. The molecular weight excluding hydrogens is 881 g/mol. The molecule has 6 nitrogen and oxygen atoms in total. The van der Waals surface area contributed by atoms with Crippen molar-refractivity contribution in [1.82, 2.24) is 19.9 Å². The lowest BCUT2D eigenvalue weighted by Gasteiger charge is -2.18. The van der Waals surface area contributed by atoms with Crippen molar-refractivity contribution in [2.24, 2.45) is 0 Å². The number of oxazole rings is 2. The molecule has 0 spiro atoms.